The second kappa shape index (κ2) is 16.1. The number of ketones is 1. The summed E-state index contributed by atoms with van der Waals surface area (Å²) >= 11 is 0. The van der Waals surface area contributed by atoms with E-state index in [1.165, 1.54) is 13.2 Å². The molecule has 1 radical (unpaired) electrons. The van der Waals surface area contributed by atoms with E-state index in [9.17, 15) is 14.4 Å². The Hall–Kier alpha value is -2.08. The molecule has 0 fully saturated rings. The highest BCUT2D eigenvalue weighted by molar-refractivity contribution is 5.94. The summed E-state index contributed by atoms with van der Waals surface area (Å²) < 4.78 is 15.5. The SMILES string of the molecule is CC(=O)C([C]=O)OCCOCCOCCNC(=O)[C@@H](N)CCCNC(=N)N. The molecule has 0 heterocycles. The van der Waals surface area contributed by atoms with Crippen LogP contribution in [0.1, 0.15) is 19.8 Å². The fourth-order valence-electron chi connectivity index (χ4n) is 1.83. The van der Waals surface area contributed by atoms with Crippen molar-refractivity contribution in [3.63, 3.8) is 0 Å². The van der Waals surface area contributed by atoms with Crippen molar-refractivity contribution >= 4 is 23.9 Å². The van der Waals surface area contributed by atoms with Crippen molar-refractivity contribution in [1.82, 2.24) is 10.6 Å². The van der Waals surface area contributed by atoms with Crippen LogP contribution in [-0.2, 0) is 28.6 Å². The van der Waals surface area contributed by atoms with Gasteiger partial charge in [-0.25, -0.2) is 0 Å². The van der Waals surface area contributed by atoms with Crippen LogP contribution in [0.2, 0.25) is 0 Å². The average molecular weight is 388 g/mol. The smallest absolute Gasteiger partial charge is 0.237 e. The third-order valence-corrected chi connectivity index (χ3v) is 3.25. The Morgan fingerprint density at radius 2 is 1.70 bits per heavy atom. The molecule has 1 amide bonds. The maximum absolute atomic E-state index is 11.7. The van der Waals surface area contributed by atoms with Crippen molar-refractivity contribution in [2.24, 2.45) is 11.5 Å². The van der Waals surface area contributed by atoms with Gasteiger partial charge in [0.1, 0.15) is 0 Å². The molecule has 27 heavy (non-hydrogen) atoms. The Kier molecular flexibility index (Phi) is 14.9. The normalized spacial score (nSPS) is 12.8. The summed E-state index contributed by atoms with van der Waals surface area (Å²) in [5, 5.41) is 12.3. The summed E-state index contributed by atoms with van der Waals surface area (Å²) in [6.45, 7) is 3.36. The molecule has 0 aromatic carbocycles. The van der Waals surface area contributed by atoms with E-state index in [4.69, 9.17) is 31.1 Å². The third kappa shape index (κ3) is 14.7. The number of ether oxygens (including phenoxy) is 3. The van der Waals surface area contributed by atoms with E-state index in [-0.39, 0.29) is 25.1 Å². The summed E-state index contributed by atoms with van der Waals surface area (Å²) in [4.78, 5) is 33.1. The van der Waals surface area contributed by atoms with Crippen LogP contribution < -0.4 is 22.1 Å². The van der Waals surface area contributed by atoms with Gasteiger partial charge in [0.2, 0.25) is 12.2 Å². The van der Waals surface area contributed by atoms with Gasteiger partial charge in [-0.1, -0.05) is 0 Å². The van der Waals surface area contributed by atoms with Crippen molar-refractivity contribution < 1.29 is 28.6 Å². The highest BCUT2D eigenvalue weighted by Crippen LogP contribution is 1.93. The van der Waals surface area contributed by atoms with E-state index in [1.807, 2.05) is 0 Å². The molecule has 1 unspecified atom stereocenters. The molecule has 155 valence electrons. The van der Waals surface area contributed by atoms with Gasteiger partial charge in [-0.2, -0.15) is 0 Å². The predicted octanol–water partition coefficient (Wildman–Crippen LogP) is -2.19. The first-order chi connectivity index (χ1) is 12.9. The van der Waals surface area contributed by atoms with E-state index in [2.05, 4.69) is 10.6 Å². The first kappa shape index (κ1) is 24.9. The monoisotopic (exact) mass is 388 g/mol. The summed E-state index contributed by atoms with van der Waals surface area (Å²) in [5.74, 6) is -0.772. The third-order valence-electron chi connectivity index (χ3n) is 3.25. The number of rotatable bonds is 17. The van der Waals surface area contributed by atoms with Gasteiger partial charge in [-0.15, -0.1) is 0 Å². The molecule has 0 bridgehead atoms. The van der Waals surface area contributed by atoms with E-state index < -0.39 is 17.9 Å². The van der Waals surface area contributed by atoms with E-state index in [0.717, 1.165) is 0 Å². The fraction of sp³-hybridized carbons (Fsp3) is 0.750. The van der Waals surface area contributed by atoms with Gasteiger partial charge < -0.3 is 36.3 Å². The minimum Gasteiger partial charge on any atom is -0.377 e. The summed E-state index contributed by atoms with van der Waals surface area (Å²) in [6.07, 6.45) is 1.45. The topological polar surface area (TPSA) is 179 Å². The van der Waals surface area contributed by atoms with E-state index in [1.54, 1.807) is 0 Å². The number of Topliss-reactive ketones (excluding diaryl/α,β-unsaturated/α-hetero) is 1. The van der Waals surface area contributed by atoms with Crippen molar-refractivity contribution in [2.45, 2.75) is 31.9 Å². The van der Waals surface area contributed by atoms with Crippen LogP contribution in [0.5, 0.6) is 0 Å². The first-order valence-corrected chi connectivity index (χ1v) is 8.64. The van der Waals surface area contributed by atoms with Crippen LogP contribution in [0.3, 0.4) is 0 Å². The molecule has 0 aliphatic rings. The number of hydrogen-bond donors (Lipinski definition) is 5. The highest BCUT2D eigenvalue weighted by Gasteiger charge is 2.14. The molecule has 0 aromatic heterocycles. The lowest BCUT2D eigenvalue weighted by Crippen LogP contribution is -2.42. The summed E-state index contributed by atoms with van der Waals surface area (Å²) in [5.41, 5.74) is 10.9. The molecule has 2 atom stereocenters. The average Bonchev–Trinajstić information content (AvgIpc) is 2.62. The zero-order chi connectivity index (χ0) is 20.5. The van der Waals surface area contributed by atoms with Crippen LogP contribution >= 0.6 is 0 Å². The maximum atomic E-state index is 11.7. The lowest BCUT2D eigenvalue weighted by atomic mass is 10.1. The Bertz CT molecular complexity index is 463. The van der Waals surface area contributed by atoms with Crippen LogP contribution in [0.4, 0.5) is 0 Å². The van der Waals surface area contributed by atoms with Gasteiger partial charge in [-0.3, -0.25) is 19.8 Å². The molecule has 0 aromatic rings. The standard InChI is InChI=1S/C16H30N5O6/c1-12(23)14(11-22)27-10-9-26-8-7-25-6-5-20-15(24)13(17)3-2-4-21-16(18)19/h13-14H,2-10,17H2,1H3,(H,20,24)(H4,18,19,21)/t13-,14?/m0/s1. The second-order valence-electron chi connectivity index (χ2n) is 5.58. The number of guanidine groups is 1. The van der Waals surface area contributed by atoms with Crippen LogP contribution in [0, 0.1) is 5.41 Å². The lowest BCUT2D eigenvalue weighted by Gasteiger charge is -2.13. The highest BCUT2D eigenvalue weighted by atomic mass is 16.5. The molecular weight excluding hydrogens is 358 g/mol. The zero-order valence-electron chi connectivity index (χ0n) is 15.6. The Labute approximate surface area is 159 Å². The largest absolute Gasteiger partial charge is 0.377 e. The van der Waals surface area contributed by atoms with Gasteiger partial charge in [-0.05, 0) is 19.8 Å². The van der Waals surface area contributed by atoms with Gasteiger partial charge in [0, 0.05) is 13.1 Å². The van der Waals surface area contributed by atoms with Gasteiger partial charge in [0.05, 0.1) is 39.1 Å². The molecule has 11 heteroatoms. The Morgan fingerprint density at radius 3 is 2.30 bits per heavy atom. The van der Waals surface area contributed by atoms with Crippen molar-refractivity contribution in [3.8, 4) is 0 Å². The Balaban J connectivity index is 3.47. The Morgan fingerprint density at radius 1 is 1.07 bits per heavy atom. The van der Waals surface area contributed by atoms with Crippen molar-refractivity contribution in [3.05, 3.63) is 0 Å². The first-order valence-electron chi connectivity index (χ1n) is 8.64. The minimum absolute atomic E-state index is 0.107. The number of amides is 1. The fourth-order valence-corrected chi connectivity index (χ4v) is 1.83. The molecule has 0 aliphatic heterocycles. The van der Waals surface area contributed by atoms with Crippen LogP contribution in [-0.4, -0.2) is 82.2 Å². The summed E-state index contributed by atoms with van der Waals surface area (Å²) in [7, 11) is 0. The number of hydrogen-bond acceptors (Lipinski definition) is 8. The number of carbonyl (C=O) groups excluding carboxylic acids is 3. The van der Waals surface area contributed by atoms with E-state index >= 15 is 0 Å². The zero-order valence-corrected chi connectivity index (χ0v) is 15.6. The number of nitrogens with one attached hydrogen (secondary N) is 3. The van der Waals surface area contributed by atoms with Gasteiger partial charge in [0.25, 0.3) is 0 Å². The molecule has 0 saturated heterocycles. The molecule has 11 nitrogen and oxygen atoms in total. The predicted molar refractivity (Wildman–Crippen MR) is 97.9 cm³/mol. The van der Waals surface area contributed by atoms with E-state index in [0.29, 0.717) is 45.8 Å². The summed E-state index contributed by atoms with van der Waals surface area (Å²) in [6, 6.07) is -0.621. The van der Waals surface area contributed by atoms with Crippen LogP contribution in [0.25, 0.3) is 0 Å². The lowest BCUT2D eigenvalue weighted by molar-refractivity contribution is -0.125. The number of nitrogens with two attached hydrogens (primary N) is 2. The molecular formula is C16H30N5O6. The van der Waals surface area contributed by atoms with Gasteiger partial charge in [0.15, 0.2) is 17.8 Å². The quantitative estimate of drug-likeness (QED) is 0.0800. The van der Waals surface area contributed by atoms with Crippen LogP contribution in [0.15, 0.2) is 0 Å². The maximum Gasteiger partial charge on any atom is 0.237 e. The van der Waals surface area contributed by atoms with Crippen molar-refractivity contribution in [1.29, 1.82) is 5.41 Å². The number of carbonyl (C=O) groups is 2. The van der Waals surface area contributed by atoms with Gasteiger partial charge >= 0.3 is 0 Å². The second-order valence-corrected chi connectivity index (χ2v) is 5.58. The minimum atomic E-state index is -1.16. The molecule has 0 aliphatic carbocycles. The molecule has 0 saturated carbocycles. The molecule has 7 N–H and O–H groups in total. The molecule has 0 spiro atoms. The molecule has 0 rings (SSSR count). The van der Waals surface area contributed by atoms with Crippen molar-refractivity contribution in [2.75, 3.05) is 46.1 Å².